The van der Waals surface area contributed by atoms with Gasteiger partial charge < -0.3 is 9.47 Å². The van der Waals surface area contributed by atoms with Crippen molar-refractivity contribution in [1.29, 1.82) is 0 Å². The summed E-state index contributed by atoms with van der Waals surface area (Å²) in [5, 5.41) is 0. The lowest BCUT2D eigenvalue weighted by molar-refractivity contribution is -0.222. The van der Waals surface area contributed by atoms with Crippen molar-refractivity contribution < 1.29 is 23.9 Å². The first kappa shape index (κ1) is 14.8. The predicted octanol–water partition coefficient (Wildman–Crippen LogP) is 1.84. The molecule has 0 unspecified atom stereocenters. The van der Waals surface area contributed by atoms with Gasteiger partial charge >= 0.3 is 5.97 Å². The Hall–Kier alpha value is -1.49. The van der Waals surface area contributed by atoms with E-state index < -0.39 is 33.9 Å². The van der Waals surface area contributed by atoms with Gasteiger partial charge in [0.2, 0.25) is 0 Å². The highest BCUT2D eigenvalue weighted by Gasteiger charge is 2.88. The first-order valence-corrected chi connectivity index (χ1v) is 8.86. The number of fused-ring (bicyclic) bond motifs is 2. The molecular weight excluding hydrogens is 308 g/mol. The third-order valence-corrected chi connectivity index (χ3v) is 7.74. The molecule has 6 atom stereocenters. The molecule has 5 nitrogen and oxygen atoms in total. The van der Waals surface area contributed by atoms with E-state index in [4.69, 9.17) is 9.47 Å². The van der Waals surface area contributed by atoms with Gasteiger partial charge in [-0.25, -0.2) is 4.79 Å². The number of allylic oxidation sites excluding steroid dienone is 1. The number of ether oxygens (including phenoxy) is 2. The molecule has 0 N–H and O–H groups in total. The van der Waals surface area contributed by atoms with Crippen molar-refractivity contribution in [1.82, 2.24) is 0 Å². The van der Waals surface area contributed by atoms with Crippen LogP contribution in [0.1, 0.15) is 40.0 Å². The lowest BCUT2D eigenvalue weighted by atomic mass is 9.38. The van der Waals surface area contributed by atoms with Gasteiger partial charge in [0.1, 0.15) is 17.8 Å². The molecular formula is C19H22O5. The molecule has 6 rings (SSSR count). The zero-order chi connectivity index (χ0) is 17.1. The third-order valence-electron chi connectivity index (χ3n) is 7.74. The van der Waals surface area contributed by atoms with E-state index in [2.05, 4.69) is 0 Å². The zero-order valence-corrected chi connectivity index (χ0v) is 14.3. The fraction of sp³-hybridized carbons (Fsp3) is 0.737. The molecule has 0 radical (unpaired) electrons. The average Bonchev–Trinajstić information content (AvgIpc) is 2.76. The van der Waals surface area contributed by atoms with Crippen LogP contribution in [0.2, 0.25) is 0 Å². The van der Waals surface area contributed by atoms with Crippen LogP contribution in [0.25, 0.3) is 0 Å². The number of hydrogen-bond acceptors (Lipinski definition) is 5. The van der Waals surface area contributed by atoms with Crippen molar-refractivity contribution in [3.8, 4) is 0 Å². The van der Waals surface area contributed by atoms with Gasteiger partial charge in [0.25, 0.3) is 0 Å². The first-order valence-electron chi connectivity index (χ1n) is 8.86. The molecule has 2 saturated heterocycles. The second-order valence-electron chi connectivity index (χ2n) is 8.95. The third kappa shape index (κ3) is 1.15. The molecule has 6 aliphatic rings. The molecule has 24 heavy (non-hydrogen) atoms. The Morgan fingerprint density at radius 1 is 1.21 bits per heavy atom. The minimum atomic E-state index is -1.26. The minimum absolute atomic E-state index is 0.0338. The van der Waals surface area contributed by atoms with E-state index in [1.807, 2.05) is 26.8 Å². The molecule has 128 valence electrons. The fourth-order valence-corrected chi connectivity index (χ4v) is 6.60. The summed E-state index contributed by atoms with van der Waals surface area (Å²) < 4.78 is 12.0. The molecule has 2 spiro atoms. The molecule has 4 aliphatic carbocycles. The van der Waals surface area contributed by atoms with Gasteiger partial charge in [-0.15, -0.1) is 0 Å². The Balaban J connectivity index is 1.87. The Morgan fingerprint density at radius 3 is 2.71 bits per heavy atom. The number of esters is 1. The molecule has 0 aromatic carbocycles. The van der Waals surface area contributed by atoms with E-state index in [1.165, 1.54) is 0 Å². The van der Waals surface area contributed by atoms with E-state index >= 15 is 0 Å². The second kappa shape index (κ2) is 3.85. The molecule has 3 saturated carbocycles. The quantitative estimate of drug-likeness (QED) is 0.634. The van der Waals surface area contributed by atoms with Crippen molar-refractivity contribution >= 4 is 17.5 Å². The first-order chi connectivity index (χ1) is 11.2. The smallest absolute Gasteiger partial charge is 0.339 e. The second-order valence-corrected chi connectivity index (χ2v) is 8.95. The Morgan fingerprint density at radius 2 is 1.96 bits per heavy atom. The largest absolute Gasteiger partial charge is 0.462 e. The minimum Gasteiger partial charge on any atom is -0.462 e. The van der Waals surface area contributed by atoms with Crippen molar-refractivity contribution in [3.05, 3.63) is 12.2 Å². The summed E-state index contributed by atoms with van der Waals surface area (Å²) in [6, 6.07) is 0. The van der Waals surface area contributed by atoms with Crippen LogP contribution in [0.5, 0.6) is 0 Å². The maximum absolute atomic E-state index is 13.5. The lowest BCUT2D eigenvalue weighted by Gasteiger charge is -2.61. The number of hydrogen-bond donors (Lipinski definition) is 0. The number of cyclic esters (lactones) is 1. The summed E-state index contributed by atoms with van der Waals surface area (Å²) in [4.78, 5) is 39.5. The number of carbonyl (C=O) groups excluding carboxylic acids is 3. The number of ketones is 2. The van der Waals surface area contributed by atoms with Crippen LogP contribution in [0, 0.1) is 28.1 Å². The predicted molar refractivity (Wildman–Crippen MR) is 82.9 cm³/mol. The Bertz CT molecular complexity index is 736. The van der Waals surface area contributed by atoms with Crippen molar-refractivity contribution in [2.24, 2.45) is 28.1 Å². The van der Waals surface area contributed by atoms with Crippen LogP contribution in [0.3, 0.4) is 0 Å². The lowest BCUT2D eigenvalue weighted by Crippen LogP contribution is -2.75. The summed E-state index contributed by atoms with van der Waals surface area (Å²) in [7, 11) is 0. The van der Waals surface area contributed by atoms with E-state index in [-0.39, 0.29) is 30.0 Å². The Kier molecular flexibility index (Phi) is 2.37. The van der Waals surface area contributed by atoms with E-state index in [0.717, 1.165) is 6.42 Å². The van der Waals surface area contributed by atoms with Gasteiger partial charge in [-0.2, -0.15) is 0 Å². The highest BCUT2D eigenvalue weighted by molar-refractivity contribution is 6.09. The van der Waals surface area contributed by atoms with E-state index in [9.17, 15) is 14.4 Å². The SMILES string of the molecule is C[C@H]1C(=O)[C@@]23CC[C@@H]1C[C@@]21O[C@@H]2C(C)(C)C=CC(=O)[C@@]23COC1=O. The van der Waals surface area contributed by atoms with Gasteiger partial charge in [0.15, 0.2) is 11.4 Å². The summed E-state index contributed by atoms with van der Waals surface area (Å²) >= 11 is 0. The number of rotatable bonds is 0. The number of Topliss-reactive ketones (excluding diaryl/α,β-unsaturated/α-hetero) is 1. The molecule has 5 heteroatoms. The van der Waals surface area contributed by atoms with Crippen molar-refractivity contribution in [2.75, 3.05) is 6.61 Å². The average molecular weight is 330 g/mol. The van der Waals surface area contributed by atoms with Crippen LogP contribution < -0.4 is 0 Å². The maximum Gasteiger partial charge on any atom is 0.339 e. The molecule has 0 aromatic heterocycles. The van der Waals surface area contributed by atoms with Crippen LogP contribution in [0.15, 0.2) is 12.2 Å². The standard InChI is InChI=1S/C19H22O5/c1-10-11-4-7-18(13(10)21)17-9-23-15(22)19(18,8-11)24-14(17)16(2,3)6-5-12(17)20/h5-6,10-11,14H,4,7-9H2,1-3H3/t10-,11-,14-,17+,18-,19+/m1/s1. The van der Waals surface area contributed by atoms with Gasteiger partial charge in [-0.3, -0.25) is 9.59 Å². The normalized spacial score (nSPS) is 53.6. The topological polar surface area (TPSA) is 69.7 Å². The van der Waals surface area contributed by atoms with E-state index in [0.29, 0.717) is 12.8 Å². The monoisotopic (exact) mass is 330 g/mol. The molecule has 2 heterocycles. The van der Waals surface area contributed by atoms with Gasteiger partial charge in [-0.1, -0.05) is 26.8 Å². The van der Waals surface area contributed by atoms with Crippen molar-refractivity contribution in [3.63, 3.8) is 0 Å². The summed E-state index contributed by atoms with van der Waals surface area (Å²) in [5.74, 6) is -0.492. The summed E-state index contributed by atoms with van der Waals surface area (Å²) in [5.41, 5.74) is -3.80. The van der Waals surface area contributed by atoms with Crippen LogP contribution in [-0.4, -0.2) is 35.8 Å². The molecule has 2 aliphatic heterocycles. The summed E-state index contributed by atoms with van der Waals surface area (Å²) in [6.45, 7) is 5.92. The maximum atomic E-state index is 13.5. The summed E-state index contributed by atoms with van der Waals surface area (Å²) in [6.07, 6.45) is 4.88. The molecule has 4 bridgehead atoms. The molecule has 0 amide bonds. The highest BCUT2D eigenvalue weighted by atomic mass is 16.6. The molecule has 0 aromatic rings. The fourth-order valence-electron chi connectivity index (χ4n) is 6.60. The van der Waals surface area contributed by atoms with E-state index in [1.54, 1.807) is 6.08 Å². The molecule has 5 fully saturated rings. The number of carbonyl (C=O) groups is 3. The van der Waals surface area contributed by atoms with Crippen molar-refractivity contribution in [2.45, 2.75) is 51.7 Å². The van der Waals surface area contributed by atoms with Crippen LogP contribution in [-0.2, 0) is 23.9 Å². The van der Waals surface area contributed by atoms with Gasteiger partial charge in [0.05, 0.1) is 11.5 Å². The van der Waals surface area contributed by atoms with Crippen LogP contribution in [0.4, 0.5) is 0 Å². The Labute approximate surface area is 140 Å². The van der Waals surface area contributed by atoms with Gasteiger partial charge in [0, 0.05) is 11.3 Å². The van der Waals surface area contributed by atoms with Gasteiger partial charge in [-0.05, 0) is 31.3 Å². The highest BCUT2D eigenvalue weighted by Crippen LogP contribution is 2.75. The van der Waals surface area contributed by atoms with Crippen LogP contribution >= 0.6 is 0 Å². The zero-order valence-electron chi connectivity index (χ0n) is 14.3.